The van der Waals surface area contributed by atoms with Crippen molar-refractivity contribution in [2.45, 2.75) is 117 Å². The van der Waals surface area contributed by atoms with E-state index in [1.807, 2.05) is 18.7 Å². The first-order valence-electron chi connectivity index (χ1n) is 19.6. The third kappa shape index (κ3) is 9.69. The van der Waals surface area contributed by atoms with E-state index in [-0.39, 0.29) is 76.9 Å². The zero-order chi connectivity index (χ0) is 42.0. The number of nitrogens with one attached hydrogen (secondary N) is 1. The van der Waals surface area contributed by atoms with Crippen molar-refractivity contribution in [1.82, 2.24) is 15.2 Å². The third-order valence-corrected chi connectivity index (χ3v) is 16.3. The molecular formula is C42H58N4O10Si. The van der Waals surface area contributed by atoms with Crippen LogP contribution in [0.15, 0.2) is 43.1 Å². The lowest BCUT2D eigenvalue weighted by atomic mass is 9.91. The Kier molecular flexibility index (Phi) is 12.9. The summed E-state index contributed by atoms with van der Waals surface area (Å²) in [4.78, 5) is 74.7. The molecular weight excluding hydrogens is 749 g/mol. The molecule has 3 aliphatic rings. The molecule has 1 aromatic heterocycles. The standard InChI is InChI=1S/C42H58N4O10Si/c1-11-16-54-36(49)19-29(25(2)3)37(50)44-26(4)33(47)17-27-12-13-28(43-22-27)23-55-40(52)46-31-20-34(48)35(53-8)18-30(31)38(51)45-24-42(14-15-42)21-32(45)39(46)56-57(9,10)41(5,6)7/h11-13,18,20,22,25-26,29,32,39,48H,1,14-17,19,21,23-24H2,2-10H3,(H,44,50)/t26-,29-,32-,39?/m0/s1. The van der Waals surface area contributed by atoms with Crippen LogP contribution in [0.4, 0.5) is 10.5 Å². The average Bonchev–Trinajstić information content (AvgIpc) is 3.81. The number of pyridine rings is 1. The number of hydrogen-bond acceptors (Lipinski definition) is 11. The number of methoxy groups -OCH3 is 1. The van der Waals surface area contributed by atoms with Crippen molar-refractivity contribution in [2.24, 2.45) is 17.3 Å². The zero-order valence-electron chi connectivity index (χ0n) is 34.7. The maximum Gasteiger partial charge on any atom is 0.416 e. The number of phenols is 1. The second kappa shape index (κ2) is 17.0. The summed E-state index contributed by atoms with van der Waals surface area (Å²) in [6.45, 7) is 19.7. The maximum atomic E-state index is 14.4. The lowest BCUT2D eigenvalue weighted by molar-refractivity contribution is -0.146. The van der Waals surface area contributed by atoms with E-state index >= 15 is 0 Å². The Hall–Kier alpha value is -4.76. The van der Waals surface area contributed by atoms with Gasteiger partial charge >= 0.3 is 12.1 Å². The van der Waals surface area contributed by atoms with Gasteiger partial charge in [-0.1, -0.05) is 53.3 Å². The van der Waals surface area contributed by atoms with Crippen LogP contribution in [0.5, 0.6) is 11.5 Å². The predicted molar refractivity (Wildman–Crippen MR) is 215 cm³/mol. The van der Waals surface area contributed by atoms with Crippen molar-refractivity contribution < 1.29 is 47.7 Å². The molecule has 14 nitrogen and oxygen atoms in total. The van der Waals surface area contributed by atoms with Gasteiger partial charge in [-0.2, -0.15) is 0 Å². The van der Waals surface area contributed by atoms with Gasteiger partial charge in [-0.25, -0.2) is 9.69 Å². The fourth-order valence-corrected chi connectivity index (χ4v) is 8.33. The van der Waals surface area contributed by atoms with Crippen LogP contribution in [-0.4, -0.2) is 91.5 Å². The minimum absolute atomic E-state index is 0.0143. The van der Waals surface area contributed by atoms with E-state index in [1.165, 1.54) is 36.4 Å². The second-order valence-electron chi connectivity index (χ2n) is 17.5. The number of nitrogens with zero attached hydrogens (tertiary/aromatic N) is 3. The molecule has 0 radical (unpaired) electrons. The normalized spacial score (nSPS) is 19.6. The van der Waals surface area contributed by atoms with E-state index in [1.54, 1.807) is 19.1 Å². The Morgan fingerprint density at radius 2 is 1.82 bits per heavy atom. The Morgan fingerprint density at radius 3 is 2.40 bits per heavy atom. The minimum atomic E-state index is -2.57. The number of fused-ring (bicyclic) bond motifs is 2. The molecule has 4 atom stereocenters. The van der Waals surface area contributed by atoms with Crippen molar-refractivity contribution in [3.63, 3.8) is 0 Å². The van der Waals surface area contributed by atoms with Crippen LogP contribution in [0.2, 0.25) is 18.1 Å². The largest absolute Gasteiger partial charge is 0.504 e. The first kappa shape index (κ1) is 43.4. The molecule has 2 N–H and O–H groups in total. The summed E-state index contributed by atoms with van der Waals surface area (Å²) in [5, 5.41) is 13.4. The highest BCUT2D eigenvalue weighted by atomic mass is 28.4. The van der Waals surface area contributed by atoms with Gasteiger partial charge in [0.25, 0.3) is 5.91 Å². The highest BCUT2D eigenvalue weighted by Crippen LogP contribution is 2.57. The first-order chi connectivity index (χ1) is 26.7. The van der Waals surface area contributed by atoms with Gasteiger partial charge in [0.15, 0.2) is 31.8 Å². The number of aromatic nitrogens is 1. The number of rotatable bonds is 15. The van der Waals surface area contributed by atoms with Crippen LogP contribution in [0.3, 0.4) is 0 Å². The number of ether oxygens (including phenoxy) is 3. The molecule has 1 saturated carbocycles. The lowest BCUT2D eigenvalue weighted by Crippen LogP contribution is -2.58. The summed E-state index contributed by atoms with van der Waals surface area (Å²) in [6.07, 6.45) is 3.84. The molecule has 2 aromatic rings. The van der Waals surface area contributed by atoms with E-state index in [0.717, 1.165) is 12.8 Å². The van der Waals surface area contributed by atoms with Crippen LogP contribution in [-0.2, 0) is 41.3 Å². The number of carbonyl (C=O) groups excluding carboxylic acids is 5. The van der Waals surface area contributed by atoms with Crippen molar-refractivity contribution in [3.8, 4) is 11.5 Å². The fourth-order valence-electron chi connectivity index (χ4n) is 7.11. The molecule has 1 spiro atoms. The van der Waals surface area contributed by atoms with E-state index in [9.17, 15) is 29.1 Å². The van der Waals surface area contributed by atoms with Gasteiger partial charge < -0.3 is 34.0 Å². The summed E-state index contributed by atoms with van der Waals surface area (Å²) >= 11 is 0. The molecule has 15 heteroatoms. The van der Waals surface area contributed by atoms with Crippen LogP contribution in [0.1, 0.15) is 88.8 Å². The molecule has 3 heterocycles. The van der Waals surface area contributed by atoms with Crippen LogP contribution in [0, 0.1) is 17.3 Å². The van der Waals surface area contributed by atoms with Crippen molar-refractivity contribution in [1.29, 1.82) is 0 Å². The average molecular weight is 807 g/mol. The van der Waals surface area contributed by atoms with Crippen LogP contribution >= 0.6 is 0 Å². The van der Waals surface area contributed by atoms with Crippen LogP contribution < -0.4 is 15.0 Å². The molecule has 2 aliphatic heterocycles. The molecule has 3 amide bonds. The Morgan fingerprint density at radius 1 is 1.12 bits per heavy atom. The summed E-state index contributed by atoms with van der Waals surface area (Å²) < 4.78 is 23.4. The lowest BCUT2D eigenvalue weighted by Gasteiger charge is -2.44. The quantitative estimate of drug-likeness (QED) is 0.117. The Labute approximate surface area is 336 Å². The SMILES string of the molecule is C=CCOC(=O)C[C@H](C(=O)N[C@@H](C)C(=O)Cc1ccc(COC(=O)N2c3cc(O)c(OC)cc3C(=O)N3CC4(CC4)C[C@H]3C2O[Si](C)(C)C(C)(C)C)nc1)C(C)C. The number of Topliss-reactive ketones (excluding diaryl/α,β-unsaturated/α-hetero) is 1. The third-order valence-electron chi connectivity index (χ3n) is 11.9. The molecule has 310 valence electrons. The molecule has 1 aliphatic carbocycles. The summed E-state index contributed by atoms with van der Waals surface area (Å²) in [5.74, 6) is -2.40. The van der Waals surface area contributed by atoms with Gasteiger partial charge in [-0.15, -0.1) is 0 Å². The molecule has 57 heavy (non-hydrogen) atoms. The highest BCUT2D eigenvalue weighted by Gasteiger charge is 2.59. The maximum absolute atomic E-state index is 14.4. The van der Waals surface area contributed by atoms with E-state index < -0.39 is 50.5 Å². The van der Waals surface area contributed by atoms with E-state index in [2.05, 4.69) is 50.7 Å². The summed E-state index contributed by atoms with van der Waals surface area (Å²) in [5.41, 5.74) is 1.36. The Balaban J connectivity index is 1.32. The monoisotopic (exact) mass is 806 g/mol. The number of benzene rings is 1. The number of aromatic hydroxyl groups is 1. The topological polar surface area (TPSA) is 174 Å². The van der Waals surface area contributed by atoms with Gasteiger partial charge in [0.2, 0.25) is 5.91 Å². The summed E-state index contributed by atoms with van der Waals surface area (Å²) in [7, 11) is -1.17. The molecule has 1 aromatic carbocycles. The highest BCUT2D eigenvalue weighted by molar-refractivity contribution is 6.74. The van der Waals surface area contributed by atoms with Crippen molar-refractivity contribution in [2.75, 3.05) is 25.2 Å². The molecule has 5 rings (SSSR count). The fraction of sp³-hybridized carbons (Fsp3) is 0.571. The summed E-state index contributed by atoms with van der Waals surface area (Å²) in [6, 6.07) is 4.92. The van der Waals surface area contributed by atoms with E-state index in [0.29, 0.717) is 24.2 Å². The van der Waals surface area contributed by atoms with Crippen LogP contribution in [0.25, 0.3) is 0 Å². The van der Waals surface area contributed by atoms with Crippen molar-refractivity contribution in [3.05, 3.63) is 59.9 Å². The smallest absolute Gasteiger partial charge is 0.416 e. The number of carbonyl (C=O) groups is 5. The van der Waals surface area contributed by atoms with Gasteiger partial charge in [-0.05, 0) is 73.3 Å². The van der Waals surface area contributed by atoms with Gasteiger partial charge in [0.1, 0.15) is 13.2 Å². The molecule has 1 unspecified atom stereocenters. The first-order valence-corrected chi connectivity index (χ1v) is 22.5. The number of ketones is 1. The second-order valence-corrected chi connectivity index (χ2v) is 22.3. The number of anilines is 1. The molecule has 1 saturated heterocycles. The predicted octanol–water partition coefficient (Wildman–Crippen LogP) is 6.30. The van der Waals surface area contributed by atoms with Gasteiger partial charge in [0, 0.05) is 25.2 Å². The zero-order valence-corrected chi connectivity index (χ0v) is 35.7. The number of amides is 3. The van der Waals surface area contributed by atoms with Gasteiger partial charge in [-0.3, -0.25) is 24.2 Å². The molecule has 0 bridgehead atoms. The minimum Gasteiger partial charge on any atom is -0.504 e. The van der Waals surface area contributed by atoms with Gasteiger partial charge in [0.05, 0.1) is 48.5 Å². The van der Waals surface area contributed by atoms with Crippen molar-refractivity contribution >= 4 is 43.7 Å². The Bertz CT molecular complexity index is 1870. The van der Waals surface area contributed by atoms with E-state index in [4.69, 9.17) is 18.6 Å². The number of phenolic OH excluding ortho intramolecular Hbond substituents is 1. The number of esters is 1. The molecule has 2 fully saturated rings. The number of hydrogen-bond donors (Lipinski definition) is 2.